The van der Waals surface area contributed by atoms with E-state index in [1.807, 2.05) is 39.0 Å². The molecule has 0 amide bonds. The summed E-state index contributed by atoms with van der Waals surface area (Å²) in [7, 11) is 0. The molecular formula is C29H41NO6S. The van der Waals surface area contributed by atoms with Crippen LogP contribution in [0, 0.1) is 24.2 Å². The normalized spacial score (nSPS) is 35.7. The van der Waals surface area contributed by atoms with E-state index in [1.54, 1.807) is 25.2 Å². The Balaban J connectivity index is 1.62. The number of esters is 1. The molecule has 2 aliphatic heterocycles. The number of hydrogen-bond acceptors (Lipinski definition) is 8. The summed E-state index contributed by atoms with van der Waals surface area (Å²) < 4.78 is 13.1. The van der Waals surface area contributed by atoms with Crippen molar-refractivity contribution < 1.29 is 29.3 Å². The third-order valence-corrected chi connectivity index (χ3v) is 9.51. The molecule has 0 unspecified atom stereocenters. The molecule has 2 aromatic rings. The fraction of sp³-hybridized carbons (Fsp3) is 0.690. The van der Waals surface area contributed by atoms with Crippen LogP contribution in [0.2, 0.25) is 0 Å². The first-order valence-corrected chi connectivity index (χ1v) is 14.3. The van der Waals surface area contributed by atoms with Gasteiger partial charge in [-0.3, -0.25) is 9.59 Å². The number of carbonyl (C=O) groups is 2. The van der Waals surface area contributed by atoms with E-state index in [0.29, 0.717) is 12.8 Å². The molecule has 2 saturated heterocycles. The van der Waals surface area contributed by atoms with Crippen molar-refractivity contribution in [2.75, 3.05) is 0 Å². The van der Waals surface area contributed by atoms with E-state index >= 15 is 0 Å². The predicted molar refractivity (Wildman–Crippen MR) is 143 cm³/mol. The molecule has 3 heterocycles. The van der Waals surface area contributed by atoms with Crippen LogP contribution in [0.5, 0.6) is 0 Å². The van der Waals surface area contributed by atoms with E-state index in [-0.39, 0.29) is 29.8 Å². The first-order valence-electron chi connectivity index (χ1n) is 13.5. The zero-order valence-corrected chi connectivity index (χ0v) is 23.6. The number of hydrogen-bond donors (Lipinski definition) is 2. The number of thiazole rings is 1. The molecule has 2 fully saturated rings. The van der Waals surface area contributed by atoms with Crippen molar-refractivity contribution in [2.45, 2.75) is 110 Å². The van der Waals surface area contributed by atoms with Crippen LogP contribution in [0.3, 0.4) is 0 Å². The molecule has 0 bridgehead atoms. The number of rotatable bonds is 2. The fourth-order valence-electron chi connectivity index (χ4n) is 5.70. The van der Waals surface area contributed by atoms with E-state index in [4.69, 9.17) is 9.47 Å². The second-order valence-corrected chi connectivity index (χ2v) is 13.0. The van der Waals surface area contributed by atoms with Crippen molar-refractivity contribution in [3.05, 3.63) is 28.8 Å². The first-order chi connectivity index (χ1) is 17.4. The molecule has 0 aliphatic carbocycles. The zero-order chi connectivity index (χ0) is 27.1. The zero-order valence-electron chi connectivity index (χ0n) is 22.8. The number of ether oxygens (including phenoxy) is 2. The smallest absolute Gasteiger partial charge is 0.309 e. The van der Waals surface area contributed by atoms with Crippen molar-refractivity contribution >= 4 is 33.3 Å². The van der Waals surface area contributed by atoms with Gasteiger partial charge >= 0.3 is 5.97 Å². The van der Waals surface area contributed by atoms with Crippen LogP contribution in [0.4, 0.5) is 0 Å². The van der Waals surface area contributed by atoms with Crippen LogP contribution in [0.25, 0.3) is 10.2 Å². The van der Waals surface area contributed by atoms with Gasteiger partial charge in [0.25, 0.3) is 0 Å². The number of epoxide rings is 1. The lowest BCUT2D eigenvalue weighted by atomic mass is 9.71. The summed E-state index contributed by atoms with van der Waals surface area (Å²) in [6, 6.07) is 5.94. The average Bonchev–Trinajstić information content (AvgIpc) is 3.30. The van der Waals surface area contributed by atoms with Crippen molar-refractivity contribution in [1.82, 2.24) is 4.98 Å². The number of carbonyl (C=O) groups excluding carboxylic acids is 2. The monoisotopic (exact) mass is 531 g/mol. The number of benzene rings is 1. The van der Waals surface area contributed by atoms with Gasteiger partial charge in [-0.25, -0.2) is 4.98 Å². The standard InChI is InChI=1S/C29H41NO6S/c1-7-19-26(33)16(2)9-8-12-29(6)24(36-29)14-21(18-10-11-22-20(13-18)30-17(3)37-22)35-25(32)15-23(31)28(4,5)27(19)34/h10-11,13,16,19,21,23-24,26,31,33H,7-9,12,14-15H2,1-6H3/t16-,19+,21-,23-,24-,26-,29+/m0/s1. The lowest BCUT2D eigenvalue weighted by Gasteiger charge is -2.35. The number of fused-ring (bicyclic) bond motifs is 2. The minimum atomic E-state index is -1.23. The van der Waals surface area contributed by atoms with E-state index in [9.17, 15) is 19.8 Å². The highest BCUT2D eigenvalue weighted by atomic mass is 32.1. The number of Topliss-reactive ketones (excluding diaryl/α,β-unsaturated/α-hetero) is 1. The SMILES string of the molecule is CC[C@H]1C(=O)C(C)(C)[C@@H](O)CC(=O)O[C@H](c2ccc3sc(C)nc3c2)C[C@@H]2O[C@]2(C)CCC[C@H](C)[C@@H]1O. The summed E-state index contributed by atoms with van der Waals surface area (Å²) in [6.45, 7) is 11.2. The number of aliphatic hydroxyl groups excluding tert-OH is 2. The molecule has 8 heteroatoms. The Labute approximate surface area is 223 Å². The lowest BCUT2D eigenvalue weighted by Crippen LogP contribution is -2.46. The van der Waals surface area contributed by atoms with Gasteiger partial charge in [0.1, 0.15) is 11.9 Å². The van der Waals surface area contributed by atoms with Gasteiger partial charge in [0.15, 0.2) is 0 Å². The first kappa shape index (κ1) is 28.1. The predicted octanol–water partition coefficient (Wildman–Crippen LogP) is 5.29. The van der Waals surface area contributed by atoms with Crippen LogP contribution in [0.1, 0.15) is 89.8 Å². The van der Waals surface area contributed by atoms with Crippen molar-refractivity contribution in [3.8, 4) is 0 Å². The number of aliphatic hydroxyl groups is 2. The number of ketones is 1. The summed E-state index contributed by atoms with van der Waals surface area (Å²) in [5.74, 6) is -1.46. The van der Waals surface area contributed by atoms with Crippen molar-refractivity contribution in [2.24, 2.45) is 17.3 Å². The summed E-state index contributed by atoms with van der Waals surface area (Å²) in [6.07, 6.45) is 0.484. The maximum atomic E-state index is 13.5. The number of aromatic nitrogens is 1. The van der Waals surface area contributed by atoms with Crippen molar-refractivity contribution in [3.63, 3.8) is 0 Å². The second-order valence-electron chi connectivity index (χ2n) is 11.8. The van der Waals surface area contributed by atoms with Crippen LogP contribution < -0.4 is 0 Å². The largest absolute Gasteiger partial charge is 0.457 e. The Hall–Kier alpha value is -1.87. The van der Waals surface area contributed by atoms with Crippen LogP contribution in [-0.4, -0.2) is 50.9 Å². The molecule has 7 atom stereocenters. The molecular weight excluding hydrogens is 490 g/mol. The highest BCUT2D eigenvalue weighted by molar-refractivity contribution is 7.18. The Morgan fingerprint density at radius 1 is 1.19 bits per heavy atom. The van der Waals surface area contributed by atoms with Gasteiger partial charge in [-0.1, -0.05) is 40.2 Å². The quantitative estimate of drug-likeness (QED) is 0.400. The van der Waals surface area contributed by atoms with Gasteiger partial charge in [-0.2, -0.15) is 0 Å². The molecule has 7 nitrogen and oxygen atoms in total. The van der Waals surface area contributed by atoms with Gasteiger partial charge in [0, 0.05) is 12.3 Å². The molecule has 204 valence electrons. The third kappa shape index (κ3) is 5.92. The molecule has 4 rings (SSSR count). The van der Waals surface area contributed by atoms with Gasteiger partial charge < -0.3 is 19.7 Å². The molecule has 2 aliphatic rings. The Kier molecular flexibility index (Phi) is 8.15. The Morgan fingerprint density at radius 2 is 1.92 bits per heavy atom. The van der Waals surface area contributed by atoms with Gasteiger partial charge in [-0.05, 0) is 56.7 Å². The average molecular weight is 532 g/mol. The van der Waals surface area contributed by atoms with Gasteiger partial charge in [0.05, 0.1) is 51.0 Å². The van der Waals surface area contributed by atoms with Crippen molar-refractivity contribution in [1.29, 1.82) is 0 Å². The van der Waals surface area contributed by atoms with E-state index in [1.165, 1.54) is 0 Å². The maximum absolute atomic E-state index is 13.5. The van der Waals surface area contributed by atoms with Crippen LogP contribution in [0.15, 0.2) is 18.2 Å². The topological polar surface area (TPSA) is 109 Å². The number of nitrogens with zero attached hydrogens (tertiary/aromatic N) is 1. The minimum Gasteiger partial charge on any atom is -0.457 e. The van der Waals surface area contributed by atoms with E-state index < -0.39 is 35.6 Å². The Morgan fingerprint density at radius 3 is 2.62 bits per heavy atom. The number of aryl methyl sites for hydroxylation is 1. The van der Waals surface area contributed by atoms with E-state index in [2.05, 4.69) is 11.9 Å². The molecule has 37 heavy (non-hydrogen) atoms. The molecule has 0 spiro atoms. The summed E-state index contributed by atoms with van der Waals surface area (Å²) in [4.78, 5) is 31.2. The highest BCUT2D eigenvalue weighted by Crippen LogP contribution is 2.47. The Bertz CT molecular complexity index is 1140. The molecule has 0 radical (unpaired) electrons. The van der Waals surface area contributed by atoms with Gasteiger partial charge in [0.2, 0.25) is 0 Å². The lowest BCUT2D eigenvalue weighted by molar-refractivity contribution is -0.156. The van der Waals surface area contributed by atoms with Gasteiger partial charge in [-0.15, -0.1) is 11.3 Å². The molecule has 0 saturated carbocycles. The third-order valence-electron chi connectivity index (χ3n) is 8.56. The summed E-state index contributed by atoms with van der Waals surface area (Å²) in [5.41, 5.74) is 0.197. The summed E-state index contributed by atoms with van der Waals surface area (Å²) >= 11 is 1.62. The van der Waals surface area contributed by atoms with Crippen LogP contribution >= 0.6 is 11.3 Å². The second kappa shape index (κ2) is 10.7. The fourth-order valence-corrected chi connectivity index (χ4v) is 6.51. The molecule has 2 N–H and O–H groups in total. The summed E-state index contributed by atoms with van der Waals surface area (Å²) in [5, 5.41) is 23.0. The molecule has 1 aromatic carbocycles. The van der Waals surface area contributed by atoms with Crippen LogP contribution in [-0.2, 0) is 19.1 Å². The van der Waals surface area contributed by atoms with E-state index in [0.717, 1.165) is 40.1 Å². The number of cyclic esters (lactones) is 1. The molecule has 1 aromatic heterocycles. The highest BCUT2D eigenvalue weighted by Gasteiger charge is 2.53. The maximum Gasteiger partial charge on any atom is 0.309 e. The minimum absolute atomic E-state index is 0.0577.